The Morgan fingerprint density at radius 3 is 1.53 bits per heavy atom. The number of imide groups is 3. The molecule has 70 heavy (non-hydrogen) atoms. The number of benzene rings is 2. The summed E-state index contributed by atoms with van der Waals surface area (Å²) in [4.78, 5) is 103. The second-order valence-electron chi connectivity index (χ2n) is 18.4. The van der Waals surface area contributed by atoms with E-state index in [0.717, 1.165) is 41.7 Å². The fourth-order valence-corrected chi connectivity index (χ4v) is 10.6. The molecule has 6 heterocycles. The number of unbranched alkanes of at least 4 members (excludes halogenated alkanes) is 3. The van der Waals surface area contributed by atoms with Gasteiger partial charge in [0.25, 0.3) is 0 Å². The van der Waals surface area contributed by atoms with E-state index in [9.17, 15) is 33.6 Å². The molecule has 8 amide bonds. The number of rotatable bonds is 21. The maximum absolute atomic E-state index is 14.3. The summed E-state index contributed by atoms with van der Waals surface area (Å²) >= 11 is 0. The molecule has 6 N–H and O–H groups in total. The number of likely N-dealkylation sites (tertiary alicyclic amines) is 3. The van der Waals surface area contributed by atoms with Crippen molar-refractivity contribution in [1.29, 1.82) is 0 Å². The third kappa shape index (κ3) is 10.3. The largest absolute Gasteiger partial charge is 0.379 e. The molecule has 0 radical (unpaired) electrons. The van der Waals surface area contributed by atoms with Gasteiger partial charge in [0.05, 0.1) is 91.8 Å². The van der Waals surface area contributed by atoms with Gasteiger partial charge in [0.2, 0.25) is 35.4 Å². The normalized spacial score (nSPS) is 30.6. The van der Waals surface area contributed by atoms with Crippen LogP contribution in [0.5, 0.6) is 0 Å². The number of urea groups is 1. The van der Waals surface area contributed by atoms with Crippen LogP contribution in [0.2, 0.25) is 0 Å². The van der Waals surface area contributed by atoms with Crippen LogP contribution in [0.25, 0.3) is 0 Å². The van der Waals surface area contributed by atoms with Gasteiger partial charge in [-0.25, -0.2) is 4.79 Å². The first-order chi connectivity index (χ1) is 33.9. The summed E-state index contributed by atoms with van der Waals surface area (Å²) in [6, 6.07) is 18.5. The van der Waals surface area contributed by atoms with Gasteiger partial charge in [-0.1, -0.05) is 123 Å². The van der Waals surface area contributed by atoms with Crippen molar-refractivity contribution in [3.8, 4) is 0 Å². The summed E-state index contributed by atoms with van der Waals surface area (Å²) in [6.07, 6.45) is 8.22. The van der Waals surface area contributed by atoms with Crippen LogP contribution in [0.4, 0.5) is 4.79 Å². The predicted molar refractivity (Wildman–Crippen MR) is 255 cm³/mol. The minimum atomic E-state index is -1.01. The van der Waals surface area contributed by atoms with Gasteiger partial charge in [0.15, 0.2) is 0 Å². The molecule has 0 bridgehead atoms. The van der Waals surface area contributed by atoms with Gasteiger partial charge in [0.1, 0.15) is 0 Å². The standard InChI is InChI=1S/C52H62N8O10/c1-4-7-8-15-24-56-52(67)57-51(53)55-26-28-59-47(63)43-37(22-20-35-41-39(33(5-2)68-35)45(61)58(46(41)62)27-25-54-29-31-16-11-9-12-17-31)70-38(44(43)48(59)64)23-21-36-42-40(34(6-3)69-36)49(65)60(50(42)66)30-32-18-13-10-14-19-32/h5-6,9-14,16-23,33-44,54H,2-4,7-8,15,24-30H2,1H3,(H4,53,55,56,57,67)/p+1/b22-20-,23-21-. The summed E-state index contributed by atoms with van der Waals surface area (Å²) in [6.45, 7) is 11.5. The zero-order valence-corrected chi connectivity index (χ0v) is 39.4. The Kier molecular flexibility index (Phi) is 16.0. The van der Waals surface area contributed by atoms with Crippen molar-refractivity contribution < 1.29 is 52.8 Å². The zero-order chi connectivity index (χ0) is 49.5. The highest BCUT2D eigenvalue weighted by molar-refractivity contribution is 6.08. The summed E-state index contributed by atoms with van der Waals surface area (Å²) in [5.41, 5.74) is 7.91. The van der Waals surface area contributed by atoms with E-state index in [2.05, 4.69) is 41.0 Å². The number of nitrogens with zero attached hydrogens (tertiary/aromatic N) is 3. The molecule has 0 spiro atoms. The van der Waals surface area contributed by atoms with Crippen molar-refractivity contribution in [2.75, 3.05) is 32.7 Å². The van der Waals surface area contributed by atoms with E-state index in [0.29, 0.717) is 19.6 Å². The molecule has 2 aromatic carbocycles. The summed E-state index contributed by atoms with van der Waals surface area (Å²) in [7, 11) is 0. The van der Waals surface area contributed by atoms with Crippen molar-refractivity contribution in [3.63, 3.8) is 0 Å². The Balaban J connectivity index is 0.987. The van der Waals surface area contributed by atoms with Crippen LogP contribution in [0.3, 0.4) is 0 Å². The monoisotopic (exact) mass is 959 g/mol. The van der Waals surface area contributed by atoms with Crippen LogP contribution < -0.4 is 26.7 Å². The Morgan fingerprint density at radius 2 is 1.04 bits per heavy atom. The van der Waals surface area contributed by atoms with E-state index in [-0.39, 0.29) is 55.8 Å². The number of amides is 8. The molecular weight excluding hydrogens is 897 g/mol. The minimum Gasteiger partial charge on any atom is -0.365 e. The van der Waals surface area contributed by atoms with Gasteiger partial charge >= 0.3 is 12.0 Å². The summed E-state index contributed by atoms with van der Waals surface area (Å²) in [5, 5.41) is 8.57. The smallest absolute Gasteiger partial charge is 0.365 e. The highest BCUT2D eigenvalue weighted by Gasteiger charge is 2.62. The molecule has 12 unspecified atom stereocenters. The SMILES string of the molecule is C=CC1OC(/C=C\C2OC(/C=C\C3OC(C=C)C4C(=O)N(Cc5ccccc5)C(=O)C34)C3C(=O)N(CC[NH+]=C(N)NC(=O)NCCCCCC)C(=O)C23)C2C(=O)N(CCNCc3ccccc3)C(=O)C12. The van der Waals surface area contributed by atoms with Crippen molar-refractivity contribution >= 4 is 47.4 Å². The molecule has 6 aliphatic rings. The Morgan fingerprint density at radius 1 is 0.600 bits per heavy atom. The highest BCUT2D eigenvalue weighted by atomic mass is 16.5. The molecule has 12 atom stereocenters. The highest BCUT2D eigenvalue weighted by Crippen LogP contribution is 2.46. The number of guanidine groups is 1. The molecule has 0 aromatic heterocycles. The van der Waals surface area contributed by atoms with Crippen molar-refractivity contribution in [3.05, 3.63) is 121 Å². The maximum atomic E-state index is 14.3. The lowest BCUT2D eigenvalue weighted by Crippen LogP contribution is -2.81. The average molecular weight is 960 g/mol. The van der Waals surface area contributed by atoms with Gasteiger partial charge in [-0.2, -0.15) is 5.32 Å². The van der Waals surface area contributed by atoms with Gasteiger partial charge in [-0.05, 0) is 17.5 Å². The molecule has 6 saturated heterocycles. The van der Waals surface area contributed by atoms with E-state index < -0.39 is 90.0 Å². The molecule has 2 aromatic rings. The van der Waals surface area contributed by atoms with Gasteiger partial charge in [-0.15, -0.1) is 13.2 Å². The first kappa shape index (κ1) is 49.8. The molecule has 0 saturated carbocycles. The lowest BCUT2D eigenvalue weighted by atomic mass is 9.86. The Bertz CT molecular complexity index is 2410. The zero-order valence-electron chi connectivity index (χ0n) is 39.4. The van der Waals surface area contributed by atoms with Crippen LogP contribution in [-0.4, -0.2) is 131 Å². The third-order valence-electron chi connectivity index (χ3n) is 14.1. The number of nitrogens with two attached hydrogens (primary N) is 1. The van der Waals surface area contributed by atoms with Crippen molar-refractivity contribution in [2.24, 2.45) is 41.2 Å². The number of ether oxygens (including phenoxy) is 3. The van der Waals surface area contributed by atoms with Gasteiger partial charge in [-0.3, -0.25) is 54.2 Å². The summed E-state index contributed by atoms with van der Waals surface area (Å²) < 4.78 is 19.0. The first-order valence-electron chi connectivity index (χ1n) is 24.3. The Hall–Kier alpha value is -6.60. The maximum Gasteiger partial charge on any atom is 0.379 e. The van der Waals surface area contributed by atoms with E-state index >= 15 is 0 Å². The fraction of sp³-hybridized carbons (Fsp3) is 0.462. The number of fused-ring (bicyclic) bond motifs is 3. The van der Waals surface area contributed by atoms with E-state index in [4.69, 9.17) is 19.9 Å². The van der Waals surface area contributed by atoms with Crippen LogP contribution in [-0.2, 0) is 56.1 Å². The van der Waals surface area contributed by atoms with Crippen LogP contribution in [0.1, 0.15) is 43.7 Å². The van der Waals surface area contributed by atoms with Crippen LogP contribution >= 0.6 is 0 Å². The summed E-state index contributed by atoms with van der Waals surface area (Å²) in [5.74, 6) is -7.87. The third-order valence-corrected chi connectivity index (χ3v) is 14.1. The first-order valence-corrected chi connectivity index (χ1v) is 24.3. The second-order valence-corrected chi connectivity index (χ2v) is 18.4. The predicted octanol–water partition coefficient (Wildman–Crippen LogP) is 0.841. The van der Waals surface area contributed by atoms with E-state index in [1.54, 1.807) is 24.3 Å². The molecule has 370 valence electrons. The van der Waals surface area contributed by atoms with E-state index in [1.165, 1.54) is 22.0 Å². The molecule has 0 aliphatic carbocycles. The van der Waals surface area contributed by atoms with E-state index in [1.807, 2.05) is 60.7 Å². The van der Waals surface area contributed by atoms with Gasteiger partial charge < -0.3 is 24.8 Å². The van der Waals surface area contributed by atoms with Crippen LogP contribution in [0.15, 0.2) is 110 Å². The molecule has 18 heteroatoms. The van der Waals surface area contributed by atoms with Crippen LogP contribution in [0, 0.1) is 35.5 Å². The quantitative estimate of drug-likeness (QED) is 0.0386. The molecule has 18 nitrogen and oxygen atoms in total. The molecule has 6 fully saturated rings. The number of carbonyl (C=O) groups is 7. The Labute approximate surface area is 407 Å². The van der Waals surface area contributed by atoms with Crippen molar-refractivity contribution in [2.45, 2.75) is 82.3 Å². The molecule has 6 aliphatic heterocycles. The minimum absolute atomic E-state index is 0.0231. The lowest BCUT2D eigenvalue weighted by Gasteiger charge is -2.21. The number of hydrogen-bond acceptors (Lipinski definition) is 11. The number of hydrogen-bond donors (Lipinski definition) is 5. The molecule has 8 rings (SSSR count). The van der Waals surface area contributed by atoms with Gasteiger partial charge in [0, 0.05) is 26.2 Å². The number of carbonyl (C=O) groups excluding carboxylic acids is 7. The topological polar surface area (TPSA) is 233 Å². The second kappa shape index (κ2) is 22.4. The molecular formula is C52H63N8O10+. The fourth-order valence-electron chi connectivity index (χ4n) is 10.6. The lowest BCUT2D eigenvalue weighted by molar-refractivity contribution is -0.459. The van der Waals surface area contributed by atoms with Crippen molar-refractivity contribution in [1.82, 2.24) is 30.7 Å². The average Bonchev–Trinajstić information content (AvgIpc) is 4.18. The number of nitrogens with one attached hydrogen (secondary N) is 4.